The highest BCUT2D eigenvalue weighted by molar-refractivity contribution is 6.29. The van der Waals surface area contributed by atoms with Gasteiger partial charge in [0.2, 0.25) is 5.95 Å². The molecule has 0 amide bonds. The maximum atomic E-state index is 5.80. The number of nitrogens with zero attached hydrogens (tertiary/aromatic N) is 2. The van der Waals surface area contributed by atoms with Gasteiger partial charge in [-0.3, -0.25) is 0 Å². The molecule has 1 aromatic heterocycles. The number of methoxy groups -OCH3 is 1. The number of para-hydroxylation sites is 1. The standard InChI is InChI=1S/C13H15ClN4O/c1-19-10-5-3-2-4-9(10)6-7-16-12-8-11(14)17-13(15)18-12/h2-5,8H,6-7H2,1H3,(H3,15,16,17,18). The van der Waals surface area contributed by atoms with Gasteiger partial charge in [-0.25, -0.2) is 4.98 Å². The van der Waals surface area contributed by atoms with Gasteiger partial charge in [-0.2, -0.15) is 4.98 Å². The van der Waals surface area contributed by atoms with E-state index >= 15 is 0 Å². The maximum Gasteiger partial charge on any atom is 0.223 e. The molecule has 2 rings (SSSR count). The smallest absolute Gasteiger partial charge is 0.223 e. The molecule has 0 aliphatic heterocycles. The van der Waals surface area contributed by atoms with Crippen LogP contribution in [0.3, 0.4) is 0 Å². The van der Waals surface area contributed by atoms with Gasteiger partial charge in [0.05, 0.1) is 7.11 Å². The number of halogens is 1. The number of anilines is 2. The largest absolute Gasteiger partial charge is 0.496 e. The molecule has 0 atom stereocenters. The highest BCUT2D eigenvalue weighted by Gasteiger charge is 2.03. The van der Waals surface area contributed by atoms with Crippen LogP contribution in [0.25, 0.3) is 0 Å². The molecule has 0 saturated carbocycles. The van der Waals surface area contributed by atoms with Crippen molar-refractivity contribution in [2.24, 2.45) is 0 Å². The zero-order valence-electron chi connectivity index (χ0n) is 10.6. The number of hydrogen-bond acceptors (Lipinski definition) is 5. The quantitative estimate of drug-likeness (QED) is 0.822. The zero-order chi connectivity index (χ0) is 13.7. The van der Waals surface area contributed by atoms with E-state index in [0.29, 0.717) is 17.5 Å². The van der Waals surface area contributed by atoms with Crippen molar-refractivity contribution in [2.45, 2.75) is 6.42 Å². The van der Waals surface area contributed by atoms with E-state index < -0.39 is 0 Å². The molecule has 2 aromatic rings. The summed E-state index contributed by atoms with van der Waals surface area (Å²) in [6.45, 7) is 0.702. The van der Waals surface area contributed by atoms with Crippen molar-refractivity contribution in [3.05, 3.63) is 41.0 Å². The Balaban J connectivity index is 1.96. The van der Waals surface area contributed by atoms with Gasteiger partial charge in [-0.1, -0.05) is 29.8 Å². The van der Waals surface area contributed by atoms with E-state index in [9.17, 15) is 0 Å². The molecule has 6 heteroatoms. The van der Waals surface area contributed by atoms with Crippen LogP contribution in [-0.2, 0) is 6.42 Å². The fraction of sp³-hybridized carbons (Fsp3) is 0.231. The van der Waals surface area contributed by atoms with Crippen LogP contribution >= 0.6 is 11.6 Å². The monoisotopic (exact) mass is 278 g/mol. The first-order chi connectivity index (χ1) is 9.19. The first-order valence-corrected chi connectivity index (χ1v) is 6.22. The van der Waals surface area contributed by atoms with Crippen LogP contribution in [0.5, 0.6) is 5.75 Å². The minimum absolute atomic E-state index is 0.160. The lowest BCUT2D eigenvalue weighted by molar-refractivity contribution is 0.410. The third kappa shape index (κ3) is 3.72. The molecular weight excluding hydrogens is 264 g/mol. The third-order valence-corrected chi connectivity index (χ3v) is 2.80. The Hall–Kier alpha value is -2.01. The zero-order valence-corrected chi connectivity index (χ0v) is 11.3. The highest BCUT2D eigenvalue weighted by atomic mass is 35.5. The Kier molecular flexibility index (Phi) is 4.41. The molecule has 0 bridgehead atoms. The van der Waals surface area contributed by atoms with Crippen LogP contribution in [-0.4, -0.2) is 23.6 Å². The Morgan fingerprint density at radius 3 is 2.84 bits per heavy atom. The third-order valence-electron chi connectivity index (χ3n) is 2.61. The second kappa shape index (κ2) is 6.24. The highest BCUT2D eigenvalue weighted by Crippen LogP contribution is 2.18. The van der Waals surface area contributed by atoms with Crippen molar-refractivity contribution in [3.8, 4) is 5.75 Å². The lowest BCUT2D eigenvalue weighted by Gasteiger charge is -2.09. The molecule has 19 heavy (non-hydrogen) atoms. The summed E-state index contributed by atoms with van der Waals surface area (Å²) in [7, 11) is 1.66. The first-order valence-electron chi connectivity index (χ1n) is 5.85. The van der Waals surface area contributed by atoms with E-state index in [4.69, 9.17) is 22.1 Å². The molecule has 1 aromatic carbocycles. The van der Waals surface area contributed by atoms with E-state index in [-0.39, 0.29) is 5.95 Å². The molecule has 0 unspecified atom stereocenters. The number of ether oxygens (including phenoxy) is 1. The summed E-state index contributed by atoms with van der Waals surface area (Å²) in [5.41, 5.74) is 6.65. The minimum atomic E-state index is 0.160. The number of hydrogen-bond donors (Lipinski definition) is 2. The summed E-state index contributed by atoms with van der Waals surface area (Å²) >= 11 is 5.80. The molecule has 3 N–H and O–H groups in total. The van der Waals surface area contributed by atoms with E-state index in [0.717, 1.165) is 17.7 Å². The van der Waals surface area contributed by atoms with Crippen molar-refractivity contribution in [3.63, 3.8) is 0 Å². The Bertz CT molecular complexity index is 542. The van der Waals surface area contributed by atoms with Gasteiger partial charge in [0.1, 0.15) is 16.7 Å². The first kappa shape index (κ1) is 13.4. The van der Waals surface area contributed by atoms with Crippen molar-refractivity contribution in [2.75, 3.05) is 24.7 Å². The van der Waals surface area contributed by atoms with Gasteiger partial charge >= 0.3 is 0 Å². The number of rotatable bonds is 5. The van der Waals surface area contributed by atoms with Gasteiger partial charge in [-0.15, -0.1) is 0 Å². The molecule has 0 radical (unpaired) electrons. The van der Waals surface area contributed by atoms with Gasteiger partial charge in [0.15, 0.2) is 0 Å². The normalized spacial score (nSPS) is 10.2. The minimum Gasteiger partial charge on any atom is -0.496 e. The molecule has 100 valence electrons. The Labute approximate surface area is 116 Å². The number of nitrogens with two attached hydrogens (primary N) is 1. The number of aromatic nitrogens is 2. The van der Waals surface area contributed by atoms with Crippen LogP contribution < -0.4 is 15.8 Å². The van der Waals surface area contributed by atoms with Crippen molar-refractivity contribution in [1.82, 2.24) is 9.97 Å². The molecule has 0 fully saturated rings. The van der Waals surface area contributed by atoms with Gasteiger partial charge < -0.3 is 15.8 Å². The van der Waals surface area contributed by atoms with Gasteiger partial charge in [0.25, 0.3) is 0 Å². The summed E-state index contributed by atoms with van der Waals surface area (Å²) in [4.78, 5) is 7.85. The van der Waals surface area contributed by atoms with E-state index in [1.165, 1.54) is 0 Å². The molecule has 0 saturated heterocycles. The van der Waals surface area contributed by atoms with E-state index in [1.807, 2.05) is 24.3 Å². The maximum absolute atomic E-state index is 5.80. The topological polar surface area (TPSA) is 73.1 Å². The lowest BCUT2D eigenvalue weighted by Crippen LogP contribution is -2.08. The van der Waals surface area contributed by atoms with E-state index in [1.54, 1.807) is 13.2 Å². The number of nitrogen functional groups attached to an aromatic ring is 1. The summed E-state index contributed by atoms with van der Waals surface area (Å²) in [5, 5.41) is 3.48. The SMILES string of the molecule is COc1ccccc1CCNc1cc(Cl)nc(N)n1. The van der Waals surface area contributed by atoms with Gasteiger partial charge in [0, 0.05) is 12.6 Å². The molecule has 0 aliphatic carbocycles. The number of nitrogens with one attached hydrogen (secondary N) is 1. The van der Waals surface area contributed by atoms with Crippen LogP contribution in [0.4, 0.5) is 11.8 Å². The second-order valence-electron chi connectivity index (χ2n) is 3.92. The van der Waals surface area contributed by atoms with Crippen LogP contribution in [0.1, 0.15) is 5.56 Å². The van der Waals surface area contributed by atoms with Gasteiger partial charge in [-0.05, 0) is 18.1 Å². The molecule has 0 spiro atoms. The number of benzene rings is 1. The molecule has 0 aliphatic rings. The Morgan fingerprint density at radius 2 is 2.11 bits per heavy atom. The van der Waals surface area contributed by atoms with Crippen molar-refractivity contribution < 1.29 is 4.74 Å². The Morgan fingerprint density at radius 1 is 1.32 bits per heavy atom. The summed E-state index contributed by atoms with van der Waals surface area (Å²) in [5.74, 6) is 1.66. The average Bonchev–Trinajstić information content (AvgIpc) is 2.38. The fourth-order valence-electron chi connectivity index (χ4n) is 1.76. The summed E-state index contributed by atoms with van der Waals surface area (Å²) < 4.78 is 5.29. The lowest BCUT2D eigenvalue weighted by atomic mass is 10.1. The molecular formula is C13H15ClN4O. The fourth-order valence-corrected chi connectivity index (χ4v) is 1.95. The van der Waals surface area contributed by atoms with Crippen LogP contribution in [0, 0.1) is 0 Å². The predicted octanol–water partition coefficient (Wildman–Crippen LogP) is 2.38. The molecule has 5 nitrogen and oxygen atoms in total. The van der Waals surface area contributed by atoms with Crippen molar-refractivity contribution in [1.29, 1.82) is 0 Å². The summed E-state index contributed by atoms with van der Waals surface area (Å²) in [6, 6.07) is 9.54. The van der Waals surface area contributed by atoms with Crippen molar-refractivity contribution >= 4 is 23.4 Å². The second-order valence-corrected chi connectivity index (χ2v) is 4.31. The molecule has 1 heterocycles. The summed E-state index contributed by atoms with van der Waals surface area (Å²) in [6.07, 6.45) is 0.811. The van der Waals surface area contributed by atoms with Crippen LogP contribution in [0.15, 0.2) is 30.3 Å². The van der Waals surface area contributed by atoms with E-state index in [2.05, 4.69) is 15.3 Å². The average molecular weight is 279 g/mol. The van der Waals surface area contributed by atoms with Crippen LogP contribution in [0.2, 0.25) is 5.15 Å². The predicted molar refractivity (Wildman–Crippen MR) is 76.6 cm³/mol.